The van der Waals surface area contributed by atoms with Crippen LogP contribution in [0.1, 0.15) is 63.3 Å². The van der Waals surface area contributed by atoms with Gasteiger partial charge in [-0.25, -0.2) is 4.98 Å². The van der Waals surface area contributed by atoms with Crippen LogP contribution in [0, 0.1) is 6.92 Å². The maximum Gasteiger partial charge on any atom is 0.145 e. The maximum absolute atomic E-state index is 6.98. The highest BCUT2D eigenvalue weighted by Crippen LogP contribution is 2.57. The molecule has 0 aliphatic heterocycles. The number of hydrogen-bond donors (Lipinski definition) is 0. The number of nitrogens with zero attached hydrogens (tertiary/aromatic N) is 2. The lowest BCUT2D eigenvalue weighted by molar-refractivity contribution is 0.564. The summed E-state index contributed by atoms with van der Waals surface area (Å²) in [5.41, 5.74) is 14.8. The van der Waals surface area contributed by atoms with Gasteiger partial charge in [-0.1, -0.05) is 126 Å². The van der Waals surface area contributed by atoms with Gasteiger partial charge >= 0.3 is 0 Å². The summed E-state index contributed by atoms with van der Waals surface area (Å²) in [5.74, 6) is 0.831. The number of pyridine rings is 1. The molecule has 6 aromatic carbocycles. The van der Waals surface area contributed by atoms with Crippen LogP contribution >= 0.6 is 0 Å². The van der Waals surface area contributed by atoms with Crippen molar-refractivity contribution in [3.63, 3.8) is 0 Å². The Labute approximate surface area is 315 Å². The smallest absolute Gasteiger partial charge is 0.145 e. The van der Waals surface area contributed by atoms with Gasteiger partial charge in [0.1, 0.15) is 28.1 Å². The van der Waals surface area contributed by atoms with Gasteiger partial charge in [-0.3, -0.25) is 4.90 Å². The Balaban J connectivity index is 1.34. The van der Waals surface area contributed by atoms with Crippen molar-refractivity contribution in [1.29, 1.82) is 0 Å². The van der Waals surface area contributed by atoms with E-state index in [1.165, 1.54) is 27.8 Å². The number of para-hydroxylation sites is 3. The number of aryl methyl sites for hydroxylation is 1. The molecule has 0 N–H and O–H groups in total. The Kier molecular flexibility index (Phi) is 7.04. The van der Waals surface area contributed by atoms with Gasteiger partial charge in [-0.2, -0.15) is 0 Å². The van der Waals surface area contributed by atoms with Crippen molar-refractivity contribution < 1.29 is 8.83 Å². The molecule has 1 aliphatic carbocycles. The molecule has 9 aromatic rings. The first kappa shape index (κ1) is 32.5. The Bertz CT molecular complexity index is 2940. The second kappa shape index (κ2) is 11.7. The number of furan rings is 2. The highest BCUT2D eigenvalue weighted by atomic mass is 16.3. The molecule has 10 rings (SSSR count). The minimum Gasteiger partial charge on any atom is -0.455 e. The van der Waals surface area contributed by atoms with E-state index in [0.717, 1.165) is 84.2 Å². The number of hydrogen-bond acceptors (Lipinski definition) is 4. The summed E-state index contributed by atoms with van der Waals surface area (Å²) < 4.78 is 13.6. The highest BCUT2D eigenvalue weighted by Gasteiger charge is 2.41. The van der Waals surface area contributed by atoms with Crippen molar-refractivity contribution in [3.8, 4) is 22.3 Å². The SMILES string of the molecule is CCC1(C)c2ccccc2-c2c1cc(N(c1ccc(C(C)(C)C)cc1)c1ncc(C)cc1-c1cccc3c1oc1ccccc13)c1c2oc2ccccc21. The lowest BCUT2D eigenvalue weighted by Crippen LogP contribution is -2.20. The highest BCUT2D eigenvalue weighted by molar-refractivity contribution is 6.19. The lowest BCUT2D eigenvalue weighted by Gasteiger charge is -2.31. The molecule has 0 amide bonds. The molecule has 0 saturated heterocycles. The molecule has 3 aromatic heterocycles. The maximum atomic E-state index is 6.98. The van der Waals surface area contributed by atoms with Crippen LogP contribution in [0.2, 0.25) is 0 Å². The van der Waals surface area contributed by atoms with E-state index in [9.17, 15) is 0 Å². The van der Waals surface area contributed by atoms with Crippen LogP contribution in [0.25, 0.3) is 66.1 Å². The zero-order chi connectivity index (χ0) is 36.9. The molecule has 0 spiro atoms. The van der Waals surface area contributed by atoms with Crippen molar-refractivity contribution in [1.82, 2.24) is 4.98 Å². The van der Waals surface area contributed by atoms with E-state index in [1.807, 2.05) is 18.3 Å². The van der Waals surface area contributed by atoms with Gasteiger partial charge in [0.2, 0.25) is 0 Å². The Morgan fingerprint density at radius 2 is 1.30 bits per heavy atom. The van der Waals surface area contributed by atoms with Gasteiger partial charge in [0.15, 0.2) is 0 Å². The second-order valence-corrected chi connectivity index (χ2v) is 16.1. The average Bonchev–Trinajstić information content (AvgIpc) is 3.84. The summed E-state index contributed by atoms with van der Waals surface area (Å²) in [5, 5.41) is 4.36. The first-order valence-corrected chi connectivity index (χ1v) is 19.0. The molecule has 3 heterocycles. The fraction of sp³-hybridized carbons (Fsp3) is 0.180. The summed E-state index contributed by atoms with van der Waals surface area (Å²) >= 11 is 0. The fourth-order valence-electron chi connectivity index (χ4n) is 8.85. The third-order valence-corrected chi connectivity index (χ3v) is 11.9. The minimum absolute atomic E-state index is 0.00385. The van der Waals surface area contributed by atoms with Crippen molar-refractivity contribution in [2.75, 3.05) is 4.90 Å². The molecular weight excluding hydrogens is 661 g/mol. The minimum atomic E-state index is -0.209. The van der Waals surface area contributed by atoms with Crippen LogP contribution in [0.15, 0.2) is 142 Å². The van der Waals surface area contributed by atoms with Crippen molar-refractivity contribution in [3.05, 3.63) is 156 Å². The average molecular weight is 703 g/mol. The van der Waals surface area contributed by atoms with E-state index in [2.05, 4.69) is 162 Å². The molecular formula is C50H42N2O2. The van der Waals surface area contributed by atoms with E-state index in [0.29, 0.717) is 0 Å². The van der Waals surface area contributed by atoms with Gasteiger partial charge < -0.3 is 8.83 Å². The summed E-state index contributed by atoms with van der Waals surface area (Å²) in [6.07, 6.45) is 2.93. The summed E-state index contributed by atoms with van der Waals surface area (Å²) in [6.45, 7) is 13.6. The number of benzene rings is 6. The molecule has 0 saturated carbocycles. The van der Waals surface area contributed by atoms with Crippen LogP contribution in [0.5, 0.6) is 0 Å². The fourth-order valence-corrected chi connectivity index (χ4v) is 8.85. The Morgan fingerprint density at radius 3 is 2.06 bits per heavy atom. The molecule has 0 fully saturated rings. The van der Waals surface area contributed by atoms with Crippen LogP contribution in [0.4, 0.5) is 17.2 Å². The first-order chi connectivity index (χ1) is 26.2. The molecule has 0 radical (unpaired) electrons. The molecule has 1 unspecified atom stereocenters. The predicted molar refractivity (Wildman–Crippen MR) is 225 cm³/mol. The summed E-state index contributed by atoms with van der Waals surface area (Å²) in [6, 6.07) is 45.8. The van der Waals surface area contributed by atoms with Crippen LogP contribution in [-0.2, 0) is 10.8 Å². The number of aromatic nitrogens is 1. The molecule has 0 bridgehead atoms. The third kappa shape index (κ3) is 4.65. The van der Waals surface area contributed by atoms with E-state index in [-0.39, 0.29) is 10.8 Å². The van der Waals surface area contributed by atoms with Crippen molar-refractivity contribution >= 4 is 61.1 Å². The molecule has 4 heteroatoms. The second-order valence-electron chi connectivity index (χ2n) is 16.1. The van der Waals surface area contributed by atoms with Crippen LogP contribution < -0.4 is 4.90 Å². The molecule has 264 valence electrons. The molecule has 1 atom stereocenters. The van der Waals surface area contributed by atoms with Gasteiger partial charge in [0.25, 0.3) is 0 Å². The van der Waals surface area contributed by atoms with E-state index in [1.54, 1.807) is 0 Å². The molecule has 4 nitrogen and oxygen atoms in total. The predicted octanol–water partition coefficient (Wildman–Crippen LogP) is 14.3. The van der Waals surface area contributed by atoms with Gasteiger partial charge in [-0.05, 0) is 83.0 Å². The van der Waals surface area contributed by atoms with Gasteiger partial charge in [-0.15, -0.1) is 0 Å². The molecule has 1 aliphatic rings. The zero-order valence-corrected chi connectivity index (χ0v) is 31.6. The summed E-state index contributed by atoms with van der Waals surface area (Å²) in [4.78, 5) is 7.72. The van der Waals surface area contributed by atoms with E-state index < -0.39 is 0 Å². The number of anilines is 3. The van der Waals surface area contributed by atoms with Crippen LogP contribution in [-0.4, -0.2) is 4.98 Å². The van der Waals surface area contributed by atoms with E-state index in [4.69, 9.17) is 13.8 Å². The summed E-state index contributed by atoms with van der Waals surface area (Å²) in [7, 11) is 0. The number of rotatable bonds is 5. The van der Waals surface area contributed by atoms with Crippen molar-refractivity contribution in [2.24, 2.45) is 0 Å². The quantitative estimate of drug-likeness (QED) is 0.179. The topological polar surface area (TPSA) is 42.4 Å². The Morgan fingerprint density at radius 1 is 0.648 bits per heavy atom. The zero-order valence-electron chi connectivity index (χ0n) is 31.6. The van der Waals surface area contributed by atoms with Gasteiger partial charge in [0.05, 0.1) is 11.1 Å². The Hall–Kier alpha value is -6.13. The molecule has 54 heavy (non-hydrogen) atoms. The van der Waals surface area contributed by atoms with E-state index >= 15 is 0 Å². The monoisotopic (exact) mass is 702 g/mol. The first-order valence-electron chi connectivity index (χ1n) is 19.0. The third-order valence-electron chi connectivity index (χ3n) is 11.9. The number of fused-ring (bicyclic) bond motifs is 10. The lowest BCUT2D eigenvalue weighted by atomic mass is 9.77. The normalized spacial score (nSPS) is 15.4. The van der Waals surface area contributed by atoms with Crippen molar-refractivity contribution in [2.45, 2.75) is 58.8 Å². The van der Waals surface area contributed by atoms with Gasteiger partial charge in [0, 0.05) is 50.1 Å². The standard InChI is InChI=1S/C50H42N2O2/c1-7-50(6)39-20-11-8-16-36(39)44-40(50)28-41(45-37-17-10-13-22-43(37)54-47(44)45)52(32-25-23-31(24-26-32)49(3,4)5)48-38(27-30(2)29-51-48)35-19-14-18-34-33-15-9-12-21-42(33)53-46(34)35/h8-29H,7H2,1-6H3. The van der Waals surface area contributed by atoms with Crippen LogP contribution in [0.3, 0.4) is 0 Å². The largest absolute Gasteiger partial charge is 0.455 e.